The number of benzene rings is 1. The number of aromatic amines is 1. The summed E-state index contributed by atoms with van der Waals surface area (Å²) in [6.45, 7) is 6.19. The Balaban J connectivity index is 1.95. The molecule has 3 N–H and O–H groups in total. The molecular weight excluding hydrogens is 306 g/mol. The first-order valence-corrected chi connectivity index (χ1v) is 7.75. The van der Waals surface area contributed by atoms with Gasteiger partial charge in [0, 0.05) is 23.4 Å². The molecule has 128 valence electrons. The van der Waals surface area contributed by atoms with Crippen molar-refractivity contribution in [2.75, 3.05) is 7.11 Å². The highest BCUT2D eigenvalue weighted by Crippen LogP contribution is 2.19. The monoisotopic (exact) mass is 329 g/mol. The second-order valence-electron chi connectivity index (χ2n) is 5.79. The molecule has 0 saturated carbocycles. The van der Waals surface area contributed by atoms with Crippen LogP contribution in [0.2, 0.25) is 0 Å². The number of carbonyl (C=O) groups excluding carboxylic acids is 1. The number of H-pyrrole nitrogens is 1. The summed E-state index contributed by atoms with van der Waals surface area (Å²) >= 11 is 0. The van der Waals surface area contributed by atoms with Gasteiger partial charge in [-0.3, -0.25) is 4.79 Å². The van der Waals surface area contributed by atoms with E-state index >= 15 is 0 Å². The van der Waals surface area contributed by atoms with E-state index in [2.05, 4.69) is 15.6 Å². The molecule has 24 heavy (non-hydrogen) atoms. The van der Waals surface area contributed by atoms with Crippen LogP contribution >= 0.6 is 0 Å². The molecule has 6 heteroatoms. The standard InChI is InChI=1S/C18H23N3O3/c1-11-5-6-16(24-4)14(7-11)9-19-18(23)20-10-15-12(2)8-13(3)21-17(15)22/h5-8H,9-10H2,1-4H3,(H,21,22)(H2,19,20,23). The van der Waals surface area contributed by atoms with Gasteiger partial charge in [0.05, 0.1) is 13.7 Å². The quantitative estimate of drug-likeness (QED) is 0.787. The van der Waals surface area contributed by atoms with E-state index in [1.165, 1.54) is 0 Å². The largest absolute Gasteiger partial charge is 0.496 e. The molecule has 0 atom stereocenters. The van der Waals surface area contributed by atoms with Crippen molar-refractivity contribution in [2.24, 2.45) is 0 Å². The number of hydrogen-bond acceptors (Lipinski definition) is 3. The molecule has 0 fully saturated rings. The Kier molecular flexibility index (Phi) is 5.63. The molecule has 0 aliphatic rings. The second kappa shape index (κ2) is 7.68. The third kappa shape index (κ3) is 4.38. The number of rotatable bonds is 5. The predicted octanol–water partition coefficient (Wildman–Crippen LogP) is 2.31. The molecule has 0 radical (unpaired) electrons. The first-order valence-electron chi connectivity index (χ1n) is 7.75. The zero-order chi connectivity index (χ0) is 17.7. The summed E-state index contributed by atoms with van der Waals surface area (Å²) in [7, 11) is 1.60. The van der Waals surface area contributed by atoms with Gasteiger partial charge in [0.1, 0.15) is 5.75 Å². The van der Waals surface area contributed by atoms with E-state index in [0.717, 1.165) is 28.1 Å². The van der Waals surface area contributed by atoms with Crippen molar-refractivity contribution < 1.29 is 9.53 Å². The summed E-state index contributed by atoms with van der Waals surface area (Å²) in [5.74, 6) is 0.728. The first-order chi connectivity index (χ1) is 11.4. The number of pyridine rings is 1. The second-order valence-corrected chi connectivity index (χ2v) is 5.79. The fourth-order valence-electron chi connectivity index (χ4n) is 2.55. The minimum absolute atomic E-state index is 0.173. The molecule has 2 aromatic rings. The summed E-state index contributed by atoms with van der Waals surface area (Å²) in [5, 5.41) is 5.49. The van der Waals surface area contributed by atoms with Crippen LogP contribution in [0, 0.1) is 20.8 Å². The minimum atomic E-state index is -0.335. The number of aromatic nitrogens is 1. The molecule has 1 aromatic carbocycles. The normalized spacial score (nSPS) is 10.3. The van der Waals surface area contributed by atoms with Crippen molar-refractivity contribution in [1.82, 2.24) is 15.6 Å². The van der Waals surface area contributed by atoms with Crippen LogP contribution in [0.3, 0.4) is 0 Å². The van der Waals surface area contributed by atoms with Crippen LogP contribution in [0.25, 0.3) is 0 Å². The lowest BCUT2D eigenvalue weighted by atomic mass is 10.1. The Labute approximate surface area is 141 Å². The molecule has 2 amide bonds. The highest BCUT2D eigenvalue weighted by Gasteiger charge is 2.09. The molecule has 0 aliphatic heterocycles. The maximum atomic E-state index is 12.0. The van der Waals surface area contributed by atoms with Crippen LogP contribution in [-0.4, -0.2) is 18.1 Å². The number of methoxy groups -OCH3 is 1. The van der Waals surface area contributed by atoms with E-state index in [4.69, 9.17) is 4.74 Å². The smallest absolute Gasteiger partial charge is 0.315 e. The Morgan fingerprint density at radius 2 is 1.83 bits per heavy atom. The summed E-state index contributed by atoms with van der Waals surface area (Å²) in [4.78, 5) is 26.7. The maximum Gasteiger partial charge on any atom is 0.315 e. The fraction of sp³-hybridized carbons (Fsp3) is 0.333. The number of hydrogen-bond donors (Lipinski definition) is 3. The summed E-state index contributed by atoms with van der Waals surface area (Å²) < 4.78 is 5.29. The maximum absolute atomic E-state index is 12.0. The first kappa shape index (κ1) is 17.6. The molecule has 1 heterocycles. The predicted molar refractivity (Wildman–Crippen MR) is 93.3 cm³/mol. The SMILES string of the molecule is COc1ccc(C)cc1CNC(=O)NCc1c(C)cc(C)[nH]c1=O. The van der Waals surface area contributed by atoms with Gasteiger partial charge in [0.2, 0.25) is 0 Å². The zero-order valence-corrected chi connectivity index (χ0v) is 14.4. The summed E-state index contributed by atoms with van der Waals surface area (Å²) in [6.07, 6.45) is 0. The van der Waals surface area contributed by atoms with Crippen LogP contribution in [0.4, 0.5) is 4.79 Å². The number of urea groups is 1. The van der Waals surface area contributed by atoms with Gasteiger partial charge in [-0.2, -0.15) is 0 Å². The average molecular weight is 329 g/mol. The third-order valence-electron chi connectivity index (χ3n) is 3.79. The van der Waals surface area contributed by atoms with Crippen molar-refractivity contribution in [2.45, 2.75) is 33.9 Å². The van der Waals surface area contributed by atoms with Gasteiger partial charge in [-0.1, -0.05) is 17.7 Å². The van der Waals surface area contributed by atoms with Gasteiger partial charge in [-0.05, 0) is 38.5 Å². The Morgan fingerprint density at radius 1 is 1.12 bits per heavy atom. The van der Waals surface area contributed by atoms with Gasteiger partial charge < -0.3 is 20.4 Å². The minimum Gasteiger partial charge on any atom is -0.496 e. The molecule has 2 rings (SSSR count). The lowest BCUT2D eigenvalue weighted by Crippen LogP contribution is -2.36. The van der Waals surface area contributed by atoms with Crippen molar-refractivity contribution in [1.29, 1.82) is 0 Å². The number of carbonyl (C=O) groups is 1. The van der Waals surface area contributed by atoms with Crippen LogP contribution in [0.15, 0.2) is 29.1 Å². The Hall–Kier alpha value is -2.76. The van der Waals surface area contributed by atoms with Crippen molar-refractivity contribution in [3.05, 3.63) is 62.6 Å². The molecule has 0 unspecified atom stereocenters. The van der Waals surface area contributed by atoms with Crippen molar-refractivity contribution in [3.8, 4) is 5.75 Å². The highest BCUT2D eigenvalue weighted by atomic mass is 16.5. The highest BCUT2D eigenvalue weighted by molar-refractivity contribution is 5.74. The van der Waals surface area contributed by atoms with E-state index in [9.17, 15) is 9.59 Å². The van der Waals surface area contributed by atoms with Gasteiger partial charge in [-0.15, -0.1) is 0 Å². The van der Waals surface area contributed by atoms with Crippen molar-refractivity contribution >= 4 is 6.03 Å². The lowest BCUT2D eigenvalue weighted by Gasteiger charge is -2.12. The van der Waals surface area contributed by atoms with Crippen LogP contribution in [0.5, 0.6) is 5.75 Å². The van der Waals surface area contributed by atoms with E-state index in [1.807, 2.05) is 45.0 Å². The van der Waals surface area contributed by atoms with Crippen LogP contribution in [0.1, 0.15) is 27.9 Å². The molecule has 0 saturated heterocycles. The summed E-state index contributed by atoms with van der Waals surface area (Å²) in [5.41, 5.74) is 4.04. The topological polar surface area (TPSA) is 83.2 Å². The lowest BCUT2D eigenvalue weighted by molar-refractivity contribution is 0.240. The number of ether oxygens (including phenoxy) is 1. The molecule has 1 aromatic heterocycles. The zero-order valence-electron chi connectivity index (χ0n) is 14.4. The van der Waals surface area contributed by atoms with E-state index in [1.54, 1.807) is 7.11 Å². The summed E-state index contributed by atoms with van der Waals surface area (Å²) in [6, 6.07) is 7.34. The molecule has 0 bridgehead atoms. The van der Waals surface area contributed by atoms with E-state index < -0.39 is 0 Å². The van der Waals surface area contributed by atoms with Crippen molar-refractivity contribution in [3.63, 3.8) is 0 Å². The number of amides is 2. The average Bonchev–Trinajstić information content (AvgIpc) is 2.52. The van der Waals surface area contributed by atoms with Crippen LogP contribution in [-0.2, 0) is 13.1 Å². The fourth-order valence-corrected chi connectivity index (χ4v) is 2.55. The number of aryl methyl sites for hydroxylation is 3. The molecular formula is C18H23N3O3. The molecule has 0 aliphatic carbocycles. The third-order valence-corrected chi connectivity index (χ3v) is 3.79. The molecule has 0 spiro atoms. The Morgan fingerprint density at radius 3 is 2.50 bits per heavy atom. The van der Waals surface area contributed by atoms with Gasteiger partial charge in [-0.25, -0.2) is 4.79 Å². The molecule has 6 nitrogen and oxygen atoms in total. The van der Waals surface area contributed by atoms with Crippen LogP contribution < -0.4 is 20.9 Å². The van der Waals surface area contributed by atoms with Gasteiger partial charge in [0.15, 0.2) is 0 Å². The van der Waals surface area contributed by atoms with Gasteiger partial charge in [0.25, 0.3) is 5.56 Å². The van der Waals surface area contributed by atoms with E-state index in [-0.39, 0.29) is 18.1 Å². The van der Waals surface area contributed by atoms with Gasteiger partial charge >= 0.3 is 6.03 Å². The number of nitrogens with one attached hydrogen (secondary N) is 3. The Bertz CT molecular complexity index is 797. The van der Waals surface area contributed by atoms with E-state index in [0.29, 0.717) is 12.1 Å².